The summed E-state index contributed by atoms with van der Waals surface area (Å²) in [7, 11) is 0. The zero-order valence-electron chi connectivity index (χ0n) is 7.33. The number of carboxylic acid groups (broad SMARTS) is 1. The van der Waals surface area contributed by atoms with Crippen molar-refractivity contribution < 1.29 is 9.90 Å². The van der Waals surface area contributed by atoms with E-state index in [9.17, 15) is 4.79 Å². The minimum absolute atomic E-state index is 0.631. The minimum Gasteiger partial charge on any atom is -0.480 e. The molecule has 0 aromatic rings. The van der Waals surface area contributed by atoms with Gasteiger partial charge in [0.05, 0.1) is 0 Å². The second-order valence-electron chi connectivity index (χ2n) is 3.67. The Morgan fingerprint density at radius 2 is 2.25 bits per heavy atom. The lowest BCUT2D eigenvalue weighted by Crippen LogP contribution is -2.30. The summed E-state index contributed by atoms with van der Waals surface area (Å²) in [5, 5.41) is 8.49. The molecule has 0 aromatic carbocycles. The number of carbonyl (C=O) groups is 1. The third kappa shape index (κ3) is 2.81. The number of rotatable bonds is 5. The van der Waals surface area contributed by atoms with E-state index >= 15 is 0 Å². The van der Waals surface area contributed by atoms with Gasteiger partial charge >= 0.3 is 5.97 Å². The van der Waals surface area contributed by atoms with Gasteiger partial charge in [0.25, 0.3) is 0 Å². The number of hydrogen-bond donors (Lipinski definition) is 2. The maximum atomic E-state index is 10.3. The Morgan fingerprint density at radius 1 is 1.58 bits per heavy atom. The summed E-state index contributed by atoms with van der Waals surface area (Å²) < 4.78 is 0. The summed E-state index contributed by atoms with van der Waals surface area (Å²) in [5.74, 6) is -0.00500. The highest BCUT2D eigenvalue weighted by atomic mass is 16.4. The standard InChI is InChI=1S/C9H17NO2/c10-8(9(11)12)6-2-5-7-3-1-4-7/h7-8H,1-6,10H2,(H,11,12)/t8-/m1/s1. The van der Waals surface area contributed by atoms with Gasteiger partial charge in [0.15, 0.2) is 0 Å². The first-order valence-corrected chi connectivity index (χ1v) is 4.68. The summed E-state index contributed by atoms with van der Waals surface area (Å²) in [6, 6.07) is -0.648. The molecule has 1 rings (SSSR count). The van der Waals surface area contributed by atoms with E-state index in [-0.39, 0.29) is 0 Å². The van der Waals surface area contributed by atoms with E-state index in [4.69, 9.17) is 10.8 Å². The maximum Gasteiger partial charge on any atom is 0.320 e. The van der Waals surface area contributed by atoms with Crippen molar-refractivity contribution in [3.63, 3.8) is 0 Å². The van der Waals surface area contributed by atoms with Gasteiger partial charge < -0.3 is 10.8 Å². The van der Waals surface area contributed by atoms with Crippen molar-refractivity contribution in [1.82, 2.24) is 0 Å². The lowest BCUT2D eigenvalue weighted by Gasteiger charge is -2.25. The van der Waals surface area contributed by atoms with E-state index in [0.717, 1.165) is 12.3 Å². The van der Waals surface area contributed by atoms with Crippen LogP contribution in [0, 0.1) is 5.92 Å². The van der Waals surface area contributed by atoms with Gasteiger partial charge in [0, 0.05) is 0 Å². The van der Waals surface area contributed by atoms with Gasteiger partial charge in [-0.05, 0) is 12.3 Å². The van der Waals surface area contributed by atoms with Gasteiger partial charge in [0.1, 0.15) is 6.04 Å². The van der Waals surface area contributed by atoms with Gasteiger partial charge in [-0.25, -0.2) is 0 Å². The van der Waals surface area contributed by atoms with Crippen LogP contribution in [0.3, 0.4) is 0 Å². The molecule has 3 N–H and O–H groups in total. The van der Waals surface area contributed by atoms with E-state index in [1.165, 1.54) is 25.7 Å². The summed E-state index contributed by atoms with van der Waals surface area (Å²) in [6.07, 6.45) is 6.80. The van der Waals surface area contributed by atoms with Gasteiger partial charge in [-0.1, -0.05) is 32.1 Å². The highest BCUT2D eigenvalue weighted by molar-refractivity contribution is 5.72. The van der Waals surface area contributed by atoms with Crippen LogP contribution < -0.4 is 5.73 Å². The zero-order valence-corrected chi connectivity index (χ0v) is 7.33. The average molecular weight is 171 g/mol. The van der Waals surface area contributed by atoms with Crippen molar-refractivity contribution in [3.8, 4) is 0 Å². The zero-order chi connectivity index (χ0) is 8.97. The Hall–Kier alpha value is -0.570. The highest BCUT2D eigenvalue weighted by Gasteiger charge is 2.18. The van der Waals surface area contributed by atoms with Crippen LogP contribution in [0.5, 0.6) is 0 Å². The molecule has 1 fully saturated rings. The minimum atomic E-state index is -0.872. The Labute approximate surface area is 72.9 Å². The van der Waals surface area contributed by atoms with Crippen LogP contribution in [0.1, 0.15) is 38.5 Å². The van der Waals surface area contributed by atoms with Gasteiger partial charge in [-0.2, -0.15) is 0 Å². The predicted octanol–water partition coefficient (Wildman–Crippen LogP) is 1.37. The van der Waals surface area contributed by atoms with E-state index in [2.05, 4.69) is 0 Å². The van der Waals surface area contributed by atoms with E-state index in [1.54, 1.807) is 0 Å². The van der Waals surface area contributed by atoms with Gasteiger partial charge in [0.2, 0.25) is 0 Å². The first-order valence-electron chi connectivity index (χ1n) is 4.68. The lowest BCUT2D eigenvalue weighted by atomic mass is 9.81. The van der Waals surface area contributed by atoms with Crippen molar-refractivity contribution in [2.75, 3.05) is 0 Å². The highest BCUT2D eigenvalue weighted by Crippen LogP contribution is 2.30. The summed E-state index contributed by atoms with van der Waals surface area (Å²) in [5.41, 5.74) is 5.36. The molecule has 0 unspecified atom stereocenters. The fraction of sp³-hybridized carbons (Fsp3) is 0.889. The Bertz CT molecular complexity index is 155. The van der Waals surface area contributed by atoms with Crippen molar-refractivity contribution in [3.05, 3.63) is 0 Å². The van der Waals surface area contributed by atoms with E-state index in [1.807, 2.05) is 0 Å². The van der Waals surface area contributed by atoms with Gasteiger partial charge in [-0.3, -0.25) is 4.79 Å². The molecule has 0 radical (unpaired) electrons. The SMILES string of the molecule is N[C@H](CCCC1CCC1)C(=O)O. The number of hydrogen-bond acceptors (Lipinski definition) is 2. The quantitative estimate of drug-likeness (QED) is 0.656. The lowest BCUT2D eigenvalue weighted by molar-refractivity contribution is -0.138. The molecule has 70 valence electrons. The molecule has 0 spiro atoms. The average Bonchev–Trinajstić information content (AvgIpc) is 1.93. The molecule has 3 heteroatoms. The van der Waals surface area contributed by atoms with Crippen LogP contribution in [0.15, 0.2) is 0 Å². The van der Waals surface area contributed by atoms with E-state index < -0.39 is 12.0 Å². The van der Waals surface area contributed by atoms with Crippen LogP contribution in [0.2, 0.25) is 0 Å². The first kappa shape index (κ1) is 9.52. The molecule has 0 heterocycles. The monoisotopic (exact) mass is 171 g/mol. The number of aliphatic carboxylic acids is 1. The second-order valence-corrected chi connectivity index (χ2v) is 3.67. The van der Waals surface area contributed by atoms with Crippen LogP contribution >= 0.6 is 0 Å². The van der Waals surface area contributed by atoms with Crippen molar-refractivity contribution in [1.29, 1.82) is 0 Å². The molecule has 1 saturated carbocycles. The smallest absolute Gasteiger partial charge is 0.320 e. The molecule has 0 bridgehead atoms. The van der Waals surface area contributed by atoms with Crippen molar-refractivity contribution in [2.45, 2.75) is 44.6 Å². The fourth-order valence-corrected chi connectivity index (χ4v) is 1.53. The van der Waals surface area contributed by atoms with Gasteiger partial charge in [-0.15, -0.1) is 0 Å². The van der Waals surface area contributed by atoms with E-state index in [0.29, 0.717) is 6.42 Å². The Morgan fingerprint density at radius 3 is 2.67 bits per heavy atom. The normalized spacial score (nSPS) is 20.1. The summed E-state index contributed by atoms with van der Waals surface area (Å²) in [4.78, 5) is 10.3. The molecule has 3 nitrogen and oxygen atoms in total. The molecule has 0 saturated heterocycles. The van der Waals surface area contributed by atoms with Crippen LogP contribution in [-0.4, -0.2) is 17.1 Å². The largest absolute Gasteiger partial charge is 0.480 e. The molecule has 12 heavy (non-hydrogen) atoms. The third-order valence-corrected chi connectivity index (χ3v) is 2.67. The molecular weight excluding hydrogens is 154 g/mol. The maximum absolute atomic E-state index is 10.3. The molecule has 1 aliphatic carbocycles. The van der Waals surface area contributed by atoms with Crippen LogP contribution in [0.25, 0.3) is 0 Å². The summed E-state index contributed by atoms with van der Waals surface area (Å²) >= 11 is 0. The van der Waals surface area contributed by atoms with Crippen LogP contribution in [0.4, 0.5) is 0 Å². The molecule has 0 amide bonds. The molecular formula is C9H17NO2. The number of carboxylic acids is 1. The molecule has 0 aliphatic heterocycles. The number of nitrogens with two attached hydrogens (primary N) is 1. The molecule has 0 aromatic heterocycles. The molecule has 1 aliphatic rings. The Kier molecular flexibility index (Phi) is 3.53. The predicted molar refractivity (Wildman–Crippen MR) is 46.8 cm³/mol. The van der Waals surface area contributed by atoms with Crippen LogP contribution in [-0.2, 0) is 4.79 Å². The first-order chi connectivity index (χ1) is 5.70. The topological polar surface area (TPSA) is 63.3 Å². The summed E-state index contributed by atoms with van der Waals surface area (Å²) in [6.45, 7) is 0. The van der Waals surface area contributed by atoms with Crippen molar-refractivity contribution in [2.24, 2.45) is 11.7 Å². The fourth-order valence-electron chi connectivity index (χ4n) is 1.53. The molecule has 1 atom stereocenters. The third-order valence-electron chi connectivity index (χ3n) is 2.67. The van der Waals surface area contributed by atoms with Crippen molar-refractivity contribution >= 4 is 5.97 Å². The second kappa shape index (κ2) is 4.45. The Balaban J connectivity index is 1.97.